The van der Waals surface area contributed by atoms with Crippen molar-refractivity contribution in [1.82, 2.24) is 5.32 Å². The lowest BCUT2D eigenvalue weighted by Crippen LogP contribution is -2.40. The average molecular weight is 264 g/mol. The molecule has 0 saturated heterocycles. The molecule has 2 atom stereocenters. The number of rotatable bonds is 6. The van der Waals surface area contributed by atoms with Gasteiger partial charge >= 0.3 is 5.97 Å². The van der Waals surface area contributed by atoms with Crippen molar-refractivity contribution in [2.75, 3.05) is 6.54 Å². The zero-order valence-corrected chi connectivity index (χ0v) is 11.2. The van der Waals surface area contributed by atoms with Gasteiger partial charge in [0.1, 0.15) is 6.04 Å². The molecular formula is C14H20N2O3. The van der Waals surface area contributed by atoms with Crippen LogP contribution in [0.3, 0.4) is 0 Å². The molecule has 0 bridgehead atoms. The predicted molar refractivity (Wildman–Crippen MR) is 72.3 cm³/mol. The van der Waals surface area contributed by atoms with Gasteiger partial charge in [-0.3, -0.25) is 9.59 Å². The quantitative estimate of drug-likeness (QED) is 0.719. The first-order valence-corrected chi connectivity index (χ1v) is 6.24. The Morgan fingerprint density at radius 2 is 1.84 bits per heavy atom. The average Bonchev–Trinajstić information content (AvgIpc) is 2.38. The monoisotopic (exact) mass is 264 g/mol. The number of carboxylic acids is 1. The van der Waals surface area contributed by atoms with Crippen LogP contribution in [-0.2, 0) is 9.59 Å². The maximum Gasteiger partial charge on any atom is 0.308 e. The lowest BCUT2D eigenvalue weighted by atomic mass is 9.96. The molecule has 0 spiro atoms. The second-order valence-electron chi connectivity index (χ2n) is 4.82. The number of hydrogen-bond donors (Lipinski definition) is 3. The highest BCUT2D eigenvalue weighted by molar-refractivity contribution is 5.83. The lowest BCUT2D eigenvalue weighted by molar-refractivity contribution is -0.143. The number of nitrogens with one attached hydrogen (secondary N) is 1. The van der Waals surface area contributed by atoms with E-state index >= 15 is 0 Å². The van der Waals surface area contributed by atoms with E-state index in [1.54, 1.807) is 24.3 Å². The largest absolute Gasteiger partial charge is 0.481 e. The van der Waals surface area contributed by atoms with Crippen LogP contribution in [0.2, 0.25) is 0 Å². The summed E-state index contributed by atoms with van der Waals surface area (Å²) in [4.78, 5) is 22.9. The van der Waals surface area contributed by atoms with Crippen molar-refractivity contribution in [3.05, 3.63) is 35.9 Å². The molecule has 0 heterocycles. The summed E-state index contributed by atoms with van der Waals surface area (Å²) in [5, 5.41) is 11.6. The highest BCUT2D eigenvalue weighted by Gasteiger charge is 2.23. The van der Waals surface area contributed by atoms with E-state index in [0.717, 1.165) is 0 Å². The van der Waals surface area contributed by atoms with Gasteiger partial charge in [-0.1, -0.05) is 44.2 Å². The van der Waals surface area contributed by atoms with Crippen molar-refractivity contribution in [2.45, 2.75) is 19.9 Å². The maximum absolute atomic E-state index is 11.9. The van der Waals surface area contributed by atoms with E-state index in [4.69, 9.17) is 10.8 Å². The third-order valence-electron chi connectivity index (χ3n) is 3.06. The molecular weight excluding hydrogens is 244 g/mol. The Labute approximate surface area is 112 Å². The molecule has 0 saturated carbocycles. The van der Waals surface area contributed by atoms with Crippen molar-refractivity contribution >= 4 is 11.9 Å². The molecule has 0 aromatic heterocycles. The molecule has 1 aromatic carbocycles. The van der Waals surface area contributed by atoms with Crippen LogP contribution in [0.5, 0.6) is 0 Å². The number of aliphatic carboxylic acids is 1. The lowest BCUT2D eigenvalue weighted by Gasteiger charge is -2.18. The van der Waals surface area contributed by atoms with Gasteiger partial charge in [-0.25, -0.2) is 0 Å². The van der Waals surface area contributed by atoms with Crippen LogP contribution in [-0.4, -0.2) is 23.5 Å². The summed E-state index contributed by atoms with van der Waals surface area (Å²) in [7, 11) is 0. The van der Waals surface area contributed by atoms with Crippen molar-refractivity contribution in [3.63, 3.8) is 0 Å². The van der Waals surface area contributed by atoms with Crippen LogP contribution in [0.15, 0.2) is 30.3 Å². The van der Waals surface area contributed by atoms with Gasteiger partial charge in [-0.05, 0) is 11.5 Å². The minimum atomic E-state index is -0.913. The third-order valence-corrected chi connectivity index (χ3v) is 3.06. The van der Waals surface area contributed by atoms with Gasteiger partial charge < -0.3 is 16.2 Å². The summed E-state index contributed by atoms with van der Waals surface area (Å²) >= 11 is 0. The Morgan fingerprint density at radius 3 is 2.32 bits per heavy atom. The van der Waals surface area contributed by atoms with Crippen LogP contribution in [0.25, 0.3) is 0 Å². The number of carboxylic acid groups (broad SMARTS) is 1. The number of benzene rings is 1. The normalized spacial score (nSPS) is 13.9. The summed E-state index contributed by atoms with van der Waals surface area (Å²) in [6.45, 7) is 3.70. The molecule has 4 N–H and O–H groups in total. The van der Waals surface area contributed by atoms with E-state index in [1.807, 2.05) is 19.9 Å². The first kappa shape index (κ1) is 15.2. The fourth-order valence-electron chi connectivity index (χ4n) is 1.74. The third kappa shape index (κ3) is 4.37. The molecule has 5 heteroatoms. The molecule has 1 unspecified atom stereocenters. The molecule has 0 radical (unpaired) electrons. The number of amides is 1. The van der Waals surface area contributed by atoms with Crippen LogP contribution in [0.1, 0.15) is 25.5 Å². The minimum Gasteiger partial charge on any atom is -0.481 e. The molecule has 0 aliphatic rings. The number of carbonyl (C=O) groups is 2. The van der Waals surface area contributed by atoms with Gasteiger partial charge in [0.15, 0.2) is 0 Å². The molecule has 1 amide bonds. The highest BCUT2D eigenvalue weighted by Crippen LogP contribution is 2.12. The van der Waals surface area contributed by atoms with Gasteiger partial charge in [0.05, 0.1) is 5.92 Å². The highest BCUT2D eigenvalue weighted by atomic mass is 16.4. The van der Waals surface area contributed by atoms with Gasteiger partial charge in [0.2, 0.25) is 5.91 Å². The summed E-state index contributed by atoms with van der Waals surface area (Å²) < 4.78 is 0. The van der Waals surface area contributed by atoms with Crippen LogP contribution >= 0.6 is 0 Å². The topological polar surface area (TPSA) is 92.4 Å². The van der Waals surface area contributed by atoms with Gasteiger partial charge in [-0.15, -0.1) is 0 Å². The number of carbonyl (C=O) groups excluding carboxylic acids is 1. The zero-order chi connectivity index (χ0) is 14.4. The first-order valence-electron chi connectivity index (χ1n) is 6.24. The SMILES string of the molecule is CC(C)C(CNC(=O)[C@H](N)c1ccccc1)C(=O)O. The smallest absolute Gasteiger partial charge is 0.308 e. The van der Waals surface area contributed by atoms with Gasteiger partial charge in [0, 0.05) is 6.54 Å². The Balaban J connectivity index is 2.58. The summed E-state index contributed by atoms with van der Waals surface area (Å²) in [6.07, 6.45) is 0. The maximum atomic E-state index is 11.9. The van der Waals surface area contributed by atoms with Crippen LogP contribution < -0.4 is 11.1 Å². The fraction of sp³-hybridized carbons (Fsp3) is 0.429. The first-order chi connectivity index (χ1) is 8.93. The van der Waals surface area contributed by atoms with Gasteiger partial charge in [-0.2, -0.15) is 0 Å². The molecule has 104 valence electrons. The Bertz CT molecular complexity index is 432. The van der Waals surface area contributed by atoms with E-state index in [0.29, 0.717) is 5.56 Å². The van der Waals surface area contributed by atoms with E-state index < -0.39 is 17.9 Å². The van der Waals surface area contributed by atoms with Crippen LogP contribution in [0.4, 0.5) is 0 Å². The molecule has 5 nitrogen and oxygen atoms in total. The minimum absolute atomic E-state index is 0.0502. The molecule has 0 fully saturated rings. The molecule has 19 heavy (non-hydrogen) atoms. The summed E-state index contributed by atoms with van der Waals surface area (Å²) in [5.74, 6) is -1.93. The molecule has 0 aliphatic carbocycles. The molecule has 1 rings (SSSR count). The summed E-state index contributed by atoms with van der Waals surface area (Å²) in [5.41, 5.74) is 6.52. The second kappa shape index (κ2) is 6.89. The van der Waals surface area contributed by atoms with Gasteiger partial charge in [0.25, 0.3) is 0 Å². The number of nitrogens with two attached hydrogens (primary N) is 1. The Kier molecular flexibility index (Phi) is 5.51. The second-order valence-corrected chi connectivity index (χ2v) is 4.82. The van der Waals surface area contributed by atoms with Crippen molar-refractivity contribution < 1.29 is 14.7 Å². The molecule has 0 aliphatic heterocycles. The predicted octanol–water partition coefficient (Wildman–Crippen LogP) is 1.16. The van der Waals surface area contributed by atoms with E-state index in [-0.39, 0.29) is 18.4 Å². The zero-order valence-electron chi connectivity index (χ0n) is 11.2. The van der Waals surface area contributed by atoms with E-state index in [9.17, 15) is 9.59 Å². The molecule has 1 aromatic rings. The fourth-order valence-corrected chi connectivity index (χ4v) is 1.74. The standard InChI is InChI=1S/C14H20N2O3/c1-9(2)11(14(18)19)8-16-13(17)12(15)10-6-4-3-5-7-10/h3-7,9,11-12H,8,15H2,1-2H3,(H,16,17)(H,18,19)/t11?,12-/m1/s1. The van der Waals surface area contributed by atoms with E-state index in [1.165, 1.54) is 0 Å². The van der Waals surface area contributed by atoms with Crippen molar-refractivity contribution in [1.29, 1.82) is 0 Å². The van der Waals surface area contributed by atoms with Crippen molar-refractivity contribution in [3.8, 4) is 0 Å². The Hall–Kier alpha value is -1.88. The summed E-state index contributed by atoms with van der Waals surface area (Å²) in [6, 6.07) is 8.20. The Morgan fingerprint density at radius 1 is 1.26 bits per heavy atom. The number of hydrogen-bond acceptors (Lipinski definition) is 3. The van der Waals surface area contributed by atoms with E-state index in [2.05, 4.69) is 5.32 Å². The van der Waals surface area contributed by atoms with Crippen LogP contribution in [0, 0.1) is 11.8 Å². The van der Waals surface area contributed by atoms with Crippen molar-refractivity contribution in [2.24, 2.45) is 17.6 Å².